The van der Waals surface area contributed by atoms with Gasteiger partial charge in [0.2, 0.25) is 6.29 Å². The molecule has 0 aromatic heterocycles. The average molecular weight is 367 g/mol. The van der Waals surface area contributed by atoms with Gasteiger partial charge in [0.1, 0.15) is 23.7 Å². The summed E-state index contributed by atoms with van der Waals surface area (Å²) in [6, 6.07) is 7.18. The van der Waals surface area contributed by atoms with Crippen molar-refractivity contribution >= 4 is 8.32 Å². The molecule has 1 aromatic rings. The average Bonchev–Trinajstić information content (AvgIpc) is 2.55. The smallest absolute Gasteiger partial charge is 0.230 e. The van der Waals surface area contributed by atoms with E-state index in [0.29, 0.717) is 12.4 Å². The van der Waals surface area contributed by atoms with Crippen LogP contribution in [0.1, 0.15) is 20.8 Å². The molecule has 0 amide bonds. The zero-order valence-electron chi connectivity index (χ0n) is 16.0. The normalized spacial score (nSPS) is 24.2. The summed E-state index contributed by atoms with van der Waals surface area (Å²) < 4.78 is 23.0. The van der Waals surface area contributed by atoms with Crippen LogP contribution in [0.5, 0.6) is 11.5 Å². The van der Waals surface area contributed by atoms with Crippen molar-refractivity contribution in [2.75, 3.05) is 13.7 Å². The first-order chi connectivity index (χ1) is 11.6. The van der Waals surface area contributed by atoms with E-state index in [9.17, 15) is 5.11 Å². The van der Waals surface area contributed by atoms with Crippen molar-refractivity contribution in [1.29, 1.82) is 0 Å². The van der Waals surface area contributed by atoms with Crippen LogP contribution < -0.4 is 9.47 Å². The molecule has 0 spiro atoms. The minimum absolute atomic E-state index is 0.143. The SMILES string of the molecule is COc1ccc(O[C@H]2O[C@H](CO[Si](C)(C)C(C)(C)C)C=C[C@H]2O)cc1. The Morgan fingerprint density at radius 3 is 2.24 bits per heavy atom. The van der Waals surface area contributed by atoms with E-state index in [1.54, 1.807) is 37.5 Å². The summed E-state index contributed by atoms with van der Waals surface area (Å²) in [6.45, 7) is 11.5. The Morgan fingerprint density at radius 2 is 1.68 bits per heavy atom. The molecule has 0 fully saturated rings. The van der Waals surface area contributed by atoms with Gasteiger partial charge in [-0.15, -0.1) is 0 Å². The molecule has 6 heteroatoms. The molecule has 1 aliphatic heterocycles. The van der Waals surface area contributed by atoms with Crippen LogP contribution in [0, 0.1) is 0 Å². The van der Waals surface area contributed by atoms with Gasteiger partial charge < -0.3 is 23.7 Å². The Hall–Kier alpha value is -1.34. The zero-order valence-corrected chi connectivity index (χ0v) is 17.0. The highest BCUT2D eigenvalue weighted by atomic mass is 28.4. The van der Waals surface area contributed by atoms with Crippen molar-refractivity contribution in [2.45, 2.75) is 57.4 Å². The van der Waals surface area contributed by atoms with E-state index in [2.05, 4.69) is 33.9 Å². The van der Waals surface area contributed by atoms with E-state index >= 15 is 0 Å². The highest BCUT2D eigenvalue weighted by Crippen LogP contribution is 2.36. The minimum Gasteiger partial charge on any atom is -0.497 e. The standard InChI is InChI=1S/C19H30O5Si/c1-19(2,3)25(5,6)22-13-16-11-12-17(20)18(24-16)23-15-9-7-14(21-4)8-10-15/h7-12,16-18,20H,13H2,1-6H3/t16-,17+,18-/m0/s1. The van der Waals surface area contributed by atoms with E-state index in [4.69, 9.17) is 18.6 Å². The van der Waals surface area contributed by atoms with Crippen molar-refractivity contribution < 1.29 is 23.7 Å². The number of benzene rings is 1. The van der Waals surface area contributed by atoms with Crippen LogP contribution in [-0.2, 0) is 9.16 Å². The molecule has 0 aliphatic carbocycles. The lowest BCUT2D eigenvalue weighted by Crippen LogP contribution is -2.45. The summed E-state index contributed by atoms with van der Waals surface area (Å²) >= 11 is 0. The lowest BCUT2D eigenvalue weighted by Gasteiger charge is -2.38. The highest BCUT2D eigenvalue weighted by molar-refractivity contribution is 6.74. The molecule has 3 atom stereocenters. The summed E-state index contributed by atoms with van der Waals surface area (Å²) in [5.74, 6) is 1.36. The van der Waals surface area contributed by atoms with E-state index < -0.39 is 20.7 Å². The van der Waals surface area contributed by atoms with Gasteiger partial charge in [-0.1, -0.05) is 32.9 Å². The van der Waals surface area contributed by atoms with Crippen LogP contribution in [-0.4, -0.2) is 45.6 Å². The fraction of sp³-hybridized carbons (Fsp3) is 0.579. The Morgan fingerprint density at radius 1 is 1.08 bits per heavy atom. The number of aliphatic hydroxyl groups excluding tert-OH is 1. The van der Waals surface area contributed by atoms with Gasteiger partial charge in [-0.2, -0.15) is 0 Å². The quantitative estimate of drug-likeness (QED) is 0.614. The summed E-state index contributed by atoms with van der Waals surface area (Å²) in [5, 5.41) is 10.3. The molecule has 140 valence electrons. The van der Waals surface area contributed by atoms with Crippen LogP contribution in [0.3, 0.4) is 0 Å². The number of rotatable bonds is 6. The van der Waals surface area contributed by atoms with Crippen molar-refractivity contribution in [3.8, 4) is 11.5 Å². The molecule has 1 N–H and O–H groups in total. The third-order valence-corrected chi connectivity index (χ3v) is 9.34. The molecule has 1 heterocycles. The molecular weight excluding hydrogens is 336 g/mol. The molecule has 0 radical (unpaired) electrons. The molecule has 5 nitrogen and oxygen atoms in total. The molecule has 0 unspecified atom stereocenters. The summed E-state index contributed by atoms with van der Waals surface area (Å²) in [6.07, 6.45) is 1.74. The van der Waals surface area contributed by atoms with Gasteiger partial charge in [-0.25, -0.2) is 0 Å². The van der Waals surface area contributed by atoms with E-state index in [1.807, 2.05) is 6.08 Å². The fourth-order valence-corrected chi connectivity index (χ4v) is 3.13. The maximum absolute atomic E-state index is 10.1. The van der Waals surface area contributed by atoms with E-state index in [1.165, 1.54) is 0 Å². The van der Waals surface area contributed by atoms with Crippen molar-refractivity contribution in [3.05, 3.63) is 36.4 Å². The number of hydrogen-bond acceptors (Lipinski definition) is 5. The first-order valence-corrected chi connectivity index (χ1v) is 11.5. The largest absolute Gasteiger partial charge is 0.497 e. The number of aliphatic hydroxyl groups is 1. The van der Waals surface area contributed by atoms with Gasteiger partial charge in [0, 0.05) is 0 Å². The maximum Gasteiger partial charge on any atom is 0.230 e. The zero-order chi connectivity index (χ0) is 18.7. The van der Waals surface area contributed by atoms with Crippen LogP contribution in [0.15, 0.2) is 36.4 Å². The second-order valence-electron chi connectivity index (χ2n) is 7.78. The topological polar surface area (TPSA) is 57.2 Å². The van der Waals surface area contributed by atoms with Crippen LogP contribution in [0.25, 0.3) is 0 Å². The number of methoxy groups -OCH3 is 1. The van der Waals surface area contributed by atoms with E-state index in [-0.39, 0.29) is 11.1 Å². The van der Waals surface area contributed by atoms with Gasteiger partial charge in [0.15, 0.2) is 8.32 Å². The van der Waals surface area contributed by atoms with Crippen LogP contribution in [0.2, 0.25) is 18.1 Å². The predicted molar refractivity (Wildman–Crippen MR) is 101 cm³/mol. The summed E-state index contributed by atoms with van der Waals surface area (Å²) in [4.78, 5) is 0. The summed E-state index contributed by atoms with van der Waals surface area (Å²) in [5.41, 5.74) is 0. The molecule has 0 bridgehead atoms. The maximum atomic E-state index is 10.1. The second kappa shape index (κ2) is 7.91. The first kappa shape index (κ1) is 20.0. The van der Waals surface area contributed by atoms with Crippen molar-refractivity contribution in [2.24, 2.45) is 0 Å². The van der Waals surface area contributed by atoms with Crippen molar-refractivity contribution in [1.82, 2.24) is 0 Å². The molecule has 0 saturated heterocycles. The molecular formula is C19H30O5Si. The molecule has 2 rings (SSSR count). The first-order valence-electron chi connectivity index (χ1n) is 8.59. The van der Waals surface area contributed by atoms with Gasteiger partial charge >= 0.3 is 0 Å². The highest BCUT2D eigenvalue weighted by Gasteiger charge is 2.38. The van der Waals surface area contributed by atoms with E-state index in [0.717, 1.165) is 5.75 Å². The molecule has 1 aromatic carbocycles. The molecule has 0 saturated carbocycles. The minimum atomic E-state index is -1.84. The number of hydrogen-bond donors (Lipinski definition) is 1. The van der Waals surface area contributed by atoms with Crippen molar-refractivity contribution in [3.63, 3.8) is 0 Å². The Balaban J connectivity index is 1.95. The van der Waals surface area contributed by atoms with Gasteiger partial charge in [-0.3, -0.25) is 0 Å². The predicted octanol–water partition coefficient (Wildman–Crippen LogP) is 3.74. The monoisotopic (exact) mass is 366 g/mol. The van der Waals surface area contributed by atoms with Gasteiger partial charge in [0.25, 0.3) is 0 Å². The third-order valence-electron chi connectivity index (χ3n) is 4.84. The Bertz CT molecular complexity index is 576. The lowest BCUT2D eigenvalue weighted by molar-refractivity contribution is -0.164. The van der Waals surface area contributed by atoms with Crippen LogP contribution in [0.4, 0.5) is 0 Å². The van der Waals surface area contributed by atoms with Gasteiger partial charge in [-0.05, 0) is 42.4 Å². The Labute approximate surface area is 151 Å². The Kier molecular flexibility index (Phi) is 6.32. The third kappa shape index (κ3) is 5.31. The summed E-state index contributed by atoms with van der Waals surface area (Å²) in [7, 11) is -0.231. The number of ether oxygens (including phenoxy) is 3. The van der Waals surface area contributed by atoms with Crippen LogP contribution >= 0.6 is 0 Å². The molecule has 1 aliphatic rings. The molecule has 25 heavy (non-hydrogen) atoms. The lowest BCUT2D eigenvalue weighted by atomic mass is 10.2. The second-order valence-corrected chi connectivity index (χ2v) is 12.6. The fourth-order valence-electron chi connectivity index (χ4n) is 2.11. The van der Waals surface area contributed by atoms with Gasteiger partial charge in [0.05, 0.1) is 13.7 Å².